The van der Waals surface area contributed by atoms with Crippen LogP contribution in [-0.4, -0.2) is 19.5 Å². The Morgan fingerprint density at radius 3 is 1.53 bits per heavy atom. The van der Waals surface area contributed by atoms with Crippen LogP contribution < -0.4 is 0 Å². The lowest BCUT2D eigenvalue weighted by molar-refractivity contribution is 0.953. The highest BCUT2D eigenvalue weighted by molar-refractivity contribution is 6.22. The summed E-state index contributed by atoms with van der Waals surface area (Å²) in [5.74, 6) is 1.88. The minimum absolute atomic E-state index is 0.593. The molecule has 0 fully saturated rings. The third-order valence-corrected chi connectivity index (χ3v) is 9.62. The molecule has 2 aromatic heterocycles. The monoisotopic (exact) mass is 624 g/mol. The van der Waals surface area contributed by atoms with E-state index in [9.17, 15) is 0 Å². The van der Waals surface area contributed by atoms with Gasteiger partial charge in [-0.3, -0.25) is 4.57 Å². The molecule has 0 aliphatic carbocycles. The van der Waals surface area contributed by atoms with Gasteiger partial charge in [0.25, 0.3) is 0 Å². The van der Waals surface area contributed by atoms with E-state index in [1.54, 1.807) is 0 Å². The maximum Gasteiger partial charge on any atom is 0.238 e. The summed E-state index contributed by atoms with van der Waals surface area (Å²) in [5.41, 5.74) is 6.38. The SMILES string of the molecule is c1ccc(-c2nc(-c3ccccc3)nc(-n3c4ccccc4c4c5cc(-c6ccc7ccc8ccccc8c7c6)ccc5ccc43)n2)cc1. The van der Waals surface area contributed by atoms with Gasteiger partial charge in [0, 0.05) is 21.9 Å². The molecule has 4 nitrogen and oxygen atoms in total. The van der Waals surface area contributed by atoms with E-state index < -0.39 is 0 Å². The fraction of sp³-hybridized carbons (Fsp3) is 0. The topological polar surface area (TPSA) is 43.6 Å². The van der Waals surface area contributed by atoms with Gasteiger partial charge in [0.2, 0.25) is 5.95 Å². The third kappa shape index (κ3) is 4.49. The average Bonchev–Trinajstić information content (AvgIpc) is 3.53. The second-order valence-electron chi connectivity index (χ2n) is 12.5. The van der Waals surface area contributed by atoms with Gasteiger partial charge >= 0.3 is 0 Å². The van der Waals surface area contributed by atoms with Crippen molar-refractivity contribution < 1.29 is 0 Å². The van der Waals surface area contributed by atoms with Crippen molar-refractivity contribution in [2.24, 2.45) is 0 Å². The highest BCUT2D eigenvalue weighted by Gasteiger charge is 2.19. The van der Waals surface area contributed by atoms with Crippen molar-refractivity contribution in [3.8, 4) is 39.9 Å². The van der Waals surface area contributed by atoms with Gasteiger partial charge < -0.3 is 0 Å². The summed E-state index contributed by atoms with van der Waals surface area (Å²) in [6, 6.07) is 59.9. The van der Waals surface area contributed by atoms with E-state index in [1.807, 2.05) is 60.7 Å². The molecule has 0 unspecified atom stereocenters. The molecule has 0 amide bonds. The number of hydrogen-bond donors (Lipinski definition) is 0. The normalized spacial score (nSPS) is 11.7. The maximum atomic E-state index is 5.11. The standard InChI is InChI=1S/C45H28N4/c1-3-12-32(13-4-1)43-46-44(33-14-5-2-6-15-33)48-45(47-43)49-40-18-10-9-17-37(40)42-39-28-35(24-22-31(39)25-26-41(42)49)34-23-21-30-20-19-29-11-7-8-16-36(29)38(30)27-34/h1-28H. The van der Waals surface area contributed by atoms with Crippen LogP contribution in [0.1, 0.15) is 0 Å². The maximum absolute atomic E-state index is 5.11. The van der Waals surface area contributed by atoms with Gasteiger partial charge in [-0.05, 0) is 67.7 Å². The summed E-state index contributed by atoms with van der Waals surface area (Å²) in [6.07, 6.45) is 0. The molecule has 10 rings (SSSR count). The van der Waals surface area contributed by atoms with E-state index >= 15 is 0 Å². The summed E-state index contributed by atoms with van der Waals surface area (Å²) >= 11 is 0. The number of para-hydroxylation sites is 1. The van der Waals surface area contributed by atoms with E-state index in [4.69, 9.17) is 15.0 Å². The highest BCUT2D eigenvalue weighted by atomic mass is 15.2. The van der Waals surface area contributed by atoms with Crippen molar-refractivity contribution >= 4 is 54.1 Å². The second kappa shape index (κ2) is 11.0. The third-order valence-electron chi connectivity index (χ3n) is 9.62. The van der Waals surface area contributed by atoms with E-state index in [0.29, 0.717) is 17.6 Å². The van der Waals surface area contributed by atoms with Crippen molar-refractivity contribution in [1.82, 2.24) is 19.5 Å². The predicted octanol–water partition coefficient (Wildman–Crippen LogP) is 11.4. The Morgan fingerprint density at radius 2 is 0.837 bits per heavy atom. The summed E-state index contributed by atoms with van der Waals surface area (Å²) in [4.78, 5) is 15.2. The molecule has 2 heterocycles. The van der Waals surface area contributed by atoms with Crippen molar-refractivity contribution in [3.63, 3.8) is 0 Å². The molecule has 0 saturated carbocycles. The smallest absolute Gasteiger partial charge is 0.238 e. The molecule has 0 aliphatic rings. The molecule has 4 heteroatoms. The lowest BCUT2D eigenvalue weighted by Gasteiger charge is -2.11. The lowest BCUT2D eigenvalue weighted by atomic mass is 9.95. The predicted molar refractivity (Wildman–Crippen MR) is 203 cm³/mol. The molecule has 0 saturated heterocycles. The van der Waals surface area contributed by atoms with Crippen molar-refractivity contribution in [2.75, 3.05) is 0 Å². The Kier molecular flexibility index (Phi) is 6.15. The van der Waals surface area contributed by atoms with Gasteiger partial charge in [-0.15, -0.1) is 0 Å². The van der Waals surface area contributed by atoms with Gasteiger partial charge in [-0.25, -0.2) is 4.98 Å². The minimum atomic E-state index is 0.593. The fourth-order valence-electron chi connectivity index (χ4n) is 7.26. The van der Waals surface area contributed by atoms with Crippen molar-refractivity contribution in [3.05, 3.63) is 170 Å². The van der Waals surface area contributed by atoms with Gasteiger partial charge in [-0.2, -0.15) is 9.97 Å². The van der Waals surface area contributed by atoms with Gasteiger partial charge in [-0.1, -0.05) is 146 Å². The molecule has 0 N–H and O–H groups in total. The molecular weight excluding hydrogens is 597 g/mol. The summed E-state index contributed by atoms with van der Waals surface area (Å²) in [5, 5.41) is 9.77. The van der Waals surface area contributed by atoms with Crippen LogP contribution in [0.2, 0.25) is 0 Å². The second-order valence-corrected chi connectivity index (χ2v) is 12.5. The van der Waals surface area contributed by atoms with E-state index in [1.165, 1.54) is 48.8 Å². The highest BCUT2D eigenvalue weighted by Crippen LogP contribution is 2.39. The van der Waals surface area contributed by atoms with Crippen LogP contribution in [0.3, 0.4) is 0 Å². The quantitative estimate of drug-likeness (QED) is 0.183. The molecule has 0 spiro atoms. The van der Waals surface area contributed by atoms with Gasteiger partial charge in [0.15, 0.2) is 11.6 Å². The number of rotatable bonds is 4. The largest absolute Gasteiger partial charge is 0.278 e. The Balaban J connectivity index is 1.23. The molecule has 0 radical (unpaired) electrons. The summed E-state index contributed by atoms with van der Waals surface area (Å²) in [6.45, 7) is 0. The van der Waals surface area contributed by atoms with Crippen molar-refractivity contribution in [1.29, 1.82) is 0 Å². The molecular formula is C45H28N4. The zero-order chi connectivity index (χ0) is 32.3. The minimum Gasteiger partial charge on any atom is -0.278 e. The molecule has 49 heavy (non-hydrogen) atoms. The lowest BCUT2D eigenvalue weighted by Crippen LogP contribution is -2.06. The Morgan fingerprint density at radius 1 is 0.327 bits per heavy atom. The van der Waals surface area contributed by atoms with Crippen LogP contribution in [0.25, 0.3) is 94.0 Å². The van der Waals surface area contributed by atoms with E-state index in [2.05, 4.69) is 114 Å². The number of fused-ring (bicyclic) bond motifs is 8. The molecule has 0 bridgehead atoms. The molecule has 10 aromatic rings. The van der Waals surface area contributed by atoms with E-state index in [0.717, 1.165) is 27.5 Å². The molecule has 0 atom stereocenters. The van der Waals surface area contributed by atoms with Crippen LogP contribution in [0, 0.1) is 0 Å². The molecule has 0 aliphatic heterocycles. The van der Waals surface area contributed by atoms with Crippen LogP contribution in [-0.2, 0) is 0 Å². The molecule has 228 valence electrons. The average molecular weight is 625 g/mol. The zero-order valence-electron chi connectivity index (χ0n) is 26.5. The summed E-state index contributed by atoms with van der Waals surface area (Å²) in [7, 11) is 0. The zero-order valence-corrected chi connectivity index (χ0v) is 26.5. The number of aromatic nitrogens is 4. The first-order chi connectivity index (χ1) is 24.3. The van der Waals surface area contributed by atoms with Gasteiger partial charge in [0.1, 0.15) is 0 Å². The van der Waals surface area contributed by atoms with Gasteiger partial charge in [0.05, 0.1) is 11.0 Å². The van der Waals surface area contributed by atoms with Crippen LogP contribution in [0.5, 0.6) is 0 Å². The fourth-order valence-corrected chi connectivity index (χ4v) is 7.26. The first-order valence-electron chi connectivity index (χ1n) is 16.5. The molecule has 8 aromatic carbocycles. The van der Waals surface area contributed by atoms with Crippen LogP contribution in [0.15, 0.2) is 170 Å². The van der Waals surface area contributed by atoms with Crippen LogP contribution in [0.4, 0.5) is 0 Å². The van der Waals surface area contributed by atoms with E-state index in [-0.39, 0.29) is 0 Å². The summed E-state index contributed by atoms with van der Waals surface area (Å²) < 4.78 is 2.19. The van der Waals surface area contributed by atoms with Crippen molar-refractivity contribution in [2.45, 2.75) is 0 Å². The number of hydrogen-bond acceptors (Lipinski definition) is 3. The Labute approximate surface area is 282 Å². The first kappa shape index (κ1) is 27.5. The Hall–Kier alpha value is -6.65. The number of nitrogens with zero attached hydrogens (tertiary/aromatic N) is 4. The Bertz CT molecular complexity index is 2820. The van der Waals surface area contributed by atoms with Crippen LogP contribution >= 0.6 is 0 Å². The number of benzene rings is 8. The first-order valence-corrected chi connectivity index (χ1v) is 16.5.